The van der Waals surface area contributed by atoms with Crippen molar-refractivity contribution in [3.05, 3.63) is 70.3 Å². The van der Waals surface area contributed by atoms with Crippen LogP contribution in [0.5, 0.6) is 0 Å². The van der Waals surface area contributed by atoms with Gasteiger partial charge in [-0.05, 0) is 37.3 Å². The highest BCUT2D eigenvalue weighted by atomic mass is 16.6. The van der Waals surface area contributed by atoms with Gasteiger partial charge >= 0.3 is 0 Å². The molecule has 1 heterocycles. The minimum absolute atomic E-state index is 0.0389. The number of nitro groups is 1. The van der Waals surface area contributed by atoms with Crippen LogP contribution in [0.1, 0.15) is 24.8 Å². The molecule has 160 valence electrons. The summed E-state index contributed by atoms with van der Waals surface area (Å²) in [6, 6.07) is 17.0. The molecule has 0 spiro atoms. The van der Waals surface area contributed by atoms with Crippen molar-refractivity contribution >= 4 is 17.3 Å². The molecule has 1 saturated heterocycles. The topological polar surface area (TPSA) is 84.7 Å². The number of ether oxygens (including phenoxy) is 1. The summed E-state index contributed by atoms with van der Waals surface area (Å²) < 4.78 is 5.65. The molecule has 0 bridgehead atoms. The largest absolute Gasteiger partial charge is 0.381 e. The Hall–Kier alpha value is -2.93. The van der Waals surface area contributed by atoms with E-state index in [2.05, 4.69) is 17.4 Å². The van der Waals surface area contributed by atoms with E-state index in [0.29, 0.717) is 51.4 Å². The molecular weight excluding hydrogens is 382 g/mol. The second-order valence-corrected chi connectivity index (χ2v) is 7.50. The number of amides is 1. The Morgan fingerprint density at radius 1 is 1.07 bits per heavy atom. The normalized spacial score (nSPS) is 14.5. The first-order valence-electron chi connectivity index (χ1n) is 10.5. The molecule has 1 aliphatic rings. The van der Waals surface area contributed by atoms with Gasteiger partial charge in [-0.2, -0.15) is 0 Å². The van der Waals surface area contributed by atoms with Gasteiger partial charge in [-0.15, -0.1) is 0 Å². The van der Waals surface area contributed by atoms with E-state index in [4.69, 9.17) is 4.74 Å². The average Bonchev–Trinajstić information content (AvgIpc) is 2.79. The summed E-state index contributed by atoms with van der Waals surface area (Å²) in [6.07, 6.45) is 3.08. The van der Waals surface area contributed by atoms with Gasteiger partial charge in [-0.1, -0.05) is 42.5 Å². The lowest BCUT2D eigenvalue weighted by molar-refractivity contribution is -0.384. The minimum Gasteiger partial charge on any atom is -0.381 e. The second kappa shape index (κ2) is 11.3. The van der Waals surface area contributed by atoms with Crippen LogP contribution >= 0.6 is 0 Å². The molecule has 1 fully saturated rings. The number of hydrogen-bond donors (Lipinski definition) is 1. The molecule has 1 amide bonds. The summed E-state index contributed by atoms with van der Waals surface area (Å²) in [4.78, 5) is 25.3. The number of nitrogens with one attached hydrogen (secondary N) is 1. The molecule has 2 aromatic rings. The van der Waals surface area contributed by atoms with Crippen LogP contribution in [-0.4, -0.2) is 43.7 Å². The fourth-order valence-corrected chi connectivity index (χ4v) is 3.74. The number of carbonyl (C=O) groups is 1. The number of carbonyl (C=O) groups excluding carboxylic acids is 1. The highest BCUT2D eigenvalue weighted by Crippen LogP contribution is 2.31. The molecule has 7 heteroatoms. The number of rotatable bonds is 10. The quantitative estimate of drug-likeness (QED) is 0.367. The lowest BCUT2D eigenvalue weighted by Gasteiger charge is -2.32. The molecule has 7 nitrogen and oxygen atoms in total. The Morgan fingerprint density at radius 2 is 1.77 bits per heavy atom. The van der Waals surface area contributed by atoms with E-state index >= 15 is 0 Å². The van der Waals surface area contributed by atoms with Crippen molar-refractivity contribution in [2.45, 2.75) is 25.7 Å². The zero-order valence-electron chi connectivity index (χ0n) is 17.2. The maximum Gasteiger partial charge on any atom is 0.292 e. The Kier molecular flexibility index (Phi) is 8.20. The van der Waals surface area contributed by atoms with Crippen molar-refractivity contribution in [1.82, 2.24) is 5.32 Å². The van der Waals surface area contributed by atoms with Crippen LogP contribution in [0.25, 0.3) is 0 Å². The minimum atomic E-state index is -0.351. The fraction of sp³-hybridized carbons (Fsp3) is 0.435. The molecular formula is C23H29N3O4. The first kappa shape index (κ1) is 21.8. The SMILES string of the molecule is O=C(NCCCOCCc1ccccc1)C1CCN(c2ccccc2[N+](=O)[O-])CC1. The van der Waals surface area contributed by atoms with Gasteiger partial charge in [-0.25, -0.2) is 0 Å². The lowest BCUT2D eigenvalue weighted by Crippen LogP contribution is -2.41. The first-order chi connectivity index (χ1) is 14.6. The van der Waals surface area contributed by atoms with Crippen LogP contribution in [0.2, 0.25) is 0 Å². The highest BCUT2D eigenvalue weighted by molar-refractivity contribution is 5.79. The second-order valence-electron chi connectivity index (χ2n) is 7.50. The number of nitro benzene ring substituents is 1. The van der Waals surface area contributed by atoms with Crippen molar-refractivity contribution in [2.75, 3.05) is 37.7 Å². The number of para-hydroxylation sites is 2. The van der Waals surface area contributed by atoms with Gasteiger partial charge in [0.05, 0.1) is 11.5 Å². The van der Waals surface area contributed by atoms with Crippen LogP contribution in [0.4, 0.5) is 11.4 Å². The van der Waals surface area contributed by atoms with E-state index in [9.17, 15) is 14.9 Å². The van der Waals surface area contributed by atoms with Gasteiger partial charge in [0.15, 0.2) is 0 Å². The molecule has 0 aromatic heterocycles. The maximum absolute atomic E-state index is 12.4. The van der Waals surface area contributed by atoms with Crippen molar-refractivity contribution in [3.8, 4) is 0 Å². The summed E-state index contributed by atoms with van der Waals surface area (Å²) in [5, 5.41) is 14.2. The number of benzene rings is 2. The molecule has 2 aromatic carbocycles. The third-order valence-corrected chi connectivity index (χ3v) is 5.43. The first-order valence-corrected chi connectivity index (χ1v) is 10.5. The third kappa shape index (κ3) is 6.29. The van der Waals surface area contributed by atoms with Crippen LogP contribution in [0.3, 0.4) is 0 Å². The van der Waals surface area contributed by atoms with Gasteiger partial charge in [0.25, 0.3) is 5.69 Å². The Morgan fingerprint density at radius 3 is 2.50 bits per heavy atom. The third-order valence-electron chi connectivity index (χ3n) is 5.43. The van der Waals surface area contributed by atoms with Crippen LogP contribution < -0.4 is 10.2 Å². The Balaban J connectivity index is 1.31. The van der Waals surface area contributed by atoms with E-state index in [1.54, 1.807) is 12.1 Å². The molecule has 30 heavy (non-hydrogen) atoms. The van der Waals surface area contributed by atoms with Gasteiger partial charge in [-0.3, -0.25) is 14.9 Å². The standard InChI is InChI=1S/C23H29N3O4/c27-23(24-14-6-17-30-18-13-19-7-2-1-3-8-19)20-11-15-25(16-12-20)21-9-4-5-10-22(21)26(28)29/h1-5,7-10,20H,6,11-18H2,(H,24,27). The zero-order chi connectivity index (χ0) is 21.2. The monoisotopic (exact) mass is 411 g/mol. The zero-order valence-corrected chi connectivity index (χ0v) is 17.2. The van der Waals surface area contributed by atoms with Crippen LogP contribution in [0.15, 0.2) is 54.6 Å². The Bertz CT molecular complexity index is 820. The smallest absolute Gasteiger partial charge is 0.292 e. The molecule has 0 saturated carbocycles. The Labute approximate surface area is 177 Å². The molecule has 0 radical (unpaired) electrons. The predicted octanol–water partition coefficient (Wildman–Crippen LogP) is 3.58. The number of anilines is 1. The van der Waals surface area contributed by atoms with E-state index in [0.717, 1.165) is 12.8 Å². The number of piperidine rings is 1. The lowest BCUT2D eigenvalue weighted by atomic mass is 9.95. The van der Waals surface area contributed by atoms with E-state index < -0.39 is 0 Å². The predicted molar refractivity (Wildman–Crippen MR) is 117 cm³/mol. The molecule has 0 atom stereocenters. The van der Waals surface area contributed by atoms with Gasteiger partial charge in [0.2, 0.25) is 5.91 Å². The van der Waals surface area contributed by atoms with Crippen LogP contribution in [0, 0.1) is 16.0 Å². The van der Waals surface area contributed by atoms with Crippen molar-refractivity contribution in [3.63, 3.8) is 0 Å². The summed E-state index contributed by atoms with van der Waals surface area (Å²) in [6.45, 7) is 3.21. The summed E-state index contributed by atoms with van der Waals surface area (Å²) in [5.74, 6) is 0.0320. The number of hydrogen-bond acceptors (Lipinski definition) is 5. The maximum atomic E-state index is 12.4. The van der Waals surface area contributed by atoms with E-state index in [1.165, 1.54) is 11.6 Å². The van der Waals surface area contributed by atoms with E-state index in [-0.39, 0.29) is 22.4 Å². The average molecular weight is 412 g/mol. The number of nitrogens with zero attached hydrogens (tertiary/aromatic N) is 2. The summed E-state index contributed by atoms with van der Waals surface area (Å²) >= 11 is 0. The van der Waals surface area contributed by atoms with Crippen LogP contribution in [-0.2, 0) is 16.0 Å². The van der Waals surface area contributed by atoms with Crippen molar-refractivity contribution in [2.24, 2.45) is 5.92 Å². The van der Waals surface area contributed by atoms with Crippen molar-refractivity contribution < 1.29 is 14.5 Å². The van der Waals surface area contributed by atoms with Gasteiger partial charge in [0.1, 0.15) is 5.69 Å². The van der Waals surface area contributed by atoms with Gasteiger partial charge < -0.3 is 15.0 Å². The molecule has 0 aliphatic carbocycles. The summed E-state index contributed by atoms with van der Waals surface area (Å²) in [7, 11) is 0. The molecule has 0 unspecified atom stereocenters. The molecule has 1 N–H and O–H groups in total. The highest BCUT2D eigenvalue weighted by Gasteiger charge is 2.27. The molecule has 1 aliphatic heterocycles. The summed E-state index contributed by atoms with van der Waals surface area (Å²) in [5.41, 5.74) is 2.01. The van der Waals surface area contributed by atoms with Gasteiger partial charge in [0, 0.05) is 38.2 Å². The van der Waals surface area contributed by atoms with E-state index in [1.807, 2.05) is 29.2 Å². The van der Waals surface area contributed by atoms with Crippen molar-refractivity contribution in [1.29, 1.82) is 0 Å². The molecule has 3 rings (SSSR count). The fourth-order valence-electron chi connectivity index (χ4n) is 3.74.